The predicted octanol–water partition coefficient (Wildman–Crippen LogP) is 3.33. The van der Waals surface area contributed by atoms with Gasteiger partial charge in [-0.25, -0.2) is 0 Å². The molecular formula is C12H18O2. The van der Waals surface area contributed by atoms with Crippen LogP contribution in [0.3, 0.4) is 0 Å². The summed E-state index contributed by atoms with van der Waals surface area (Å²) in [7, 11) is 1.79. The van der Waals surface area contributed by atoms with Gasteiger partial charge in [-0.05, 0) is 30.9 Å². The zero-order valence-corrected chi connectivity index (χ0v) is 8.95. The zero-order chi connectivity index (χ0) is 10.0. The van der Waals surface area contributed by atoms with Crippen molar-refractivity contribution in [3.05, 3.63) is 24.2 Å². The summed E-state index contributed by atoms with van der Waals surface area (Å²) in [6, 6.07) is 3.96. The number of furan rings is 1. The van der Waals surface area contributed by atoms with Gasteiger partial charge in [0, 0.05) is 7.11 Å². The quantitative estimate of drug-likeness (QED) is 0.717. The standard InChI is InChI=1S/C12H18O2/c1-3-4-6-10-9-12(10,13-2)11-7-5-8-14-11/h5,7-8,10H,3-4,6,9H2,1-2H3/t10-,12+/m1/s1. The number of unbranched alkanes of at least 4 members (excludes halogenated alkanes) is 1. The average molecular weight is 194 g/mol. The maximum absolute atomic E-state index is 5.61. The van der Waals surface area contributed by atoms with Gasteiger partial charge in [0.2, 0.25) is 0 Å². The van der Waals surface area contributed by atoms with E-state index in [-0.39, 0.29) is 5.60 Å². The van der Waals surface area contributed by atoms with E-state index >= 15 is 0 Å². The molecule has 0 aromatic carbocycles. The summed E-state index contributed by atoms with van der Waals surface area (Å²) in [6.07, 6.45) is 6.65. The first-order chi connectivity index (χ1) is 6.83. The number of ether oxygens (including phenoxy) is 1. The first-order valence-corrected chi connectivity index (χ1v) is 5.42. The van der Waals surface area contributed by atoms with Gasteiger partial charge in [0.15, 0.2) is 0 Å². The number of hydrogen-bond donors (Lipinski definition) is 0. The number of rotatable bonds is 5. The summed E-state index contributed by atoms with van der Waals surface area (Å²) >= 11 is 0. The molecule has 0 aliphatic heterocycles. The molecule has 1 aromatic heterocycles. The van der Waals surface area contributed by atoms with Crippen LogP contribution in [0.5, 0.6) is 0 Å². The van der Waals surface area contributed by atoms with Crippen molar-refractivity contribution in [3.8, 4) is 0 Å². The Morgan fingerprint density at radius 1 is 1.64 bits per heavy atom. The minimum atomic E-state index is -0.0847. The second-order valence-electron chi connectivity index (χ2n) is 4.11. The summed E-state index contributed by atoms with van der Waals surface area (Å²) in [5.74, 6) is 1.67. The van der Waals surface area contributed by atoms with E-state index in [0.29, 0.717) is 5.92 Å². The van der Waals surface area contributed by atoms with E-state index in [1.54, 1.807) is 13.4 Å². The van der Waals surface area contributed by atoms with E-state index in [4.69, 9.17) is 9.15 Å². The first kappa shape index (κ1) is 9.78. The van der Waals surface area contributed by atoms with E-state index in [0.717, 1.165) is 12.2 Å². The van der Waals surface area contributed by atoms with E-state index in [2.05, 4.69) is 6.92 Å². The fourth-order valence-electron chi connectivity index (χ4n) is 2.26. The summed E-state index contributed by atoms with van der Waals surface area (Å²) in [5.41, 5.74) is -0.0847. The molecule has 0 radical (unpaired) electrons. The molecule has 2 nitrogen and oxygen atoms in total. The molecule has 0 bridgehead atoms. The molecule has 0 amide bonds. The first-order valence-electron chi connectivity index (χ1n) is 5.42. The molecule has 1 aliphatic carbocycles. The Bertz CT molecular complexity index is 279. The van der Waals surface area contributed by atoms with E-state index in [1.165, 1.54) is 19.3 Å². The molecule has 1 aromatic rings. The van der Waals surface area contributed by atoms with Gasteiger partial charge >= 0.3 is 0 Å². The highest BCUT2D eigenvalue weighted by atomic mass is 16.5. The van der Waals surface area contributed by atoms with Gasteiger partial charge in [-0.3, -0.25) is 0 Å². The van der Waals surface area contributed by atoms with Gasteiger partial charge < -0.3 is 9.15 Å². The summed E-state index contributed by atoms with van der Waals surface area (Å²) in [5, 5.41) is 0. The van der Waals surface area contributed by atoms with Gasteiger partial charge in [-0.15, -0.1) is 0 Å². The van der Waals surface area contributed by atoms with E-state index < -0.39 is 0 Å². The molecule has 0 N–H and O–H groups in total. The summed E-state index contributed by atoms with van der Waals surface area (Å²) < 4.78 is 11.0. The maximum Gasteiger partial charge on any atom is 0.135 e. The smallest absolute Gasteiger partial charge is 0.135 e. The van der Waals surface area contributed by atoms with Crippen LogP contribution in [-0.2, 0) is 10.3 Å². The number of hydrogen-bond acceptors (Lipinski definition) is 2. The fourth-order valence-corrected chi connectivity index (χ4v) is 2.26. The number of methoxy groups -OCH3 is 1. The van der Waals surface area contributed by atoms with E-state index in [1.807, 2.05) is 12.1 Å². The Morgan fingerprint density at radius 3 is 3.07 bits per heavy atom. The molecule has 1 fully saturated rings. The van der Waals surface area contributed by atoms with Crippen molar-refractivity contribution in [2.75, 3.05) is 7.11 Å². The van der Waals surface area contributed by atoms with Gasteiger partial charge in [0.1, 0.15) is 11.4 Å². The van der Waals surface area contributed by atoms with Crippen molar-refractivity contribution >= 4 is 0 Å². The van der Waals surface area contributed by atoms with Gasteiger partial charge in [-0.2, -0.15) is 0 Å². The van der Waals surface area contributed by atoms with Crippen LogP contribution in [0.4, 0.5) is 0 Å². The predicted molar refractivity (Wildman–Crippen MR) is 55.0 cm³/mol. The molecule has 14 heavy (non-hydrogen) atoms. The second-order valence-corrected chi connectivity index (χ2v) is 4.11. The van der Waals surface area contributed by atoms with Crippen molar-refractivity contribution in [1.82, 2.24) is 0 Å². The molecule has 1 heterocycles. The summed E-state index contributed by atoms with van der Waals surface area (Å²) in [6.45, 7) is 2.23. The lowest BCUT2D eigenvalue weighted by Crippen LogP contribution is -2.11. The average Bonchev–Trinajstić information content (AvgIpc) is 2.66. The van der Waals surface area contributed by atoms with Crippen molar-refractivity contribution in [1.29, 1.82) is 0 Å². The highest BCUT2D eigenvalue weighted by Crippen LogP contribution is 2.57. The molecule has 2 atom stereocenters. The fraction of sp³-hybridized carbons (Fsp3) is 0.667. The van der Waals surface area contributed by atoms with Gasteiger partial charge in [0.25, 0.3) is 0 Å². The molecule has 78 valence electrons. The van der Waals surface area contributed by atoms with Crippen LogP contribution < -0.4 is 0 Å². The monoisotopic (exact) mass is 194 g/mol. The Hall–Kier alpha value is -0.760. The lowest BCUT2D eigenvalue weighted by Gasteiger charge is -2.12. The third kappa shape index (κ3) is 1.48. The normalized spacial score (nSPS) is 30.6. The molecule has 0 unspecified atom stereocenters. The highest BCUT2D eigenvalue weighted by molar-refractivity contribution is 5.21. The zero-order valence-electron chi connectivity index (χ0n) is 8.95. The maximum atomic E-state index is 5.61. The lowest BCUT2D eigenvalue weighted by atomic mass is 10.1. The van der Waals surface area contributed by atoms with Crippen LogP contribution in [0, 0.1) is 5.92 Å². The molecule has 0 spiro atoms. The summed E-state index contributed by atoms with van der Waals surface area (Å²) in [4.78, 5) is 0. The largest absolute Gasteiger partial charge is 0.466 e. The van der Waals surface area contributed by atoms with Crippen molar-refractivity contribution in [2.45, 2.75) is 38.2 Å². The Morgan fingerprint density at radius 2 is 2.50 bits per heavy atom. The third-order valence-corrected chi connectivity index (χ3v) is 3.26. The highest BCUT2D eigenvalue weighted by Gasteiger charge is 2.57. The van der Waals surface area contributed by atoms with Crippen LogP contribution in [0.15, 0.2) is 22.8 Å². The molecule has 1 aliphatic rings. The Kier molecular flexibility index (Phi) is 2.64. The van der Waals surface area contributed by atoms with Crippen LogP contribution >= 0.6 is 0 Å². The second kappa shape index (κ2) is 3.77. The van der Waals surface area contributed by atoms with Crippen molar-refractivity contribution in [3.63, 3.8) is 0 Å². The van der Waals surface area contributed by atoms with Gasteiger partial charge in [0.05, 0.1) is 6.26 Å². The molecule has 2 rings (SSSR count). The molecule has 0 saturated heterocycles. The minimum Gasteiger partial charge on any atom is -0.466 e. The van der Waals surface area contributed by atoms with Crippen molar-refractivity contribution in [2.24, 2.45) is 5.92 Å². The lowest BCUT2D eigenvalue weighted by molar-refractivity contribution is 0.0428. The molecular weight excluding hydrogens is 176 g/mol. The molecule has 2 heteroatoms. The van der Waals surface area contributed by atoms with Crippen LogP contribution in [0.2, 0.25) is 0 Å². The minimum absolute atomic E-state index is 0.0847. The molecule has 1 saturated carbocycles. The van der Waals surface area contributed by atoms with Crippen LogP contribution in [0.25, 0.3) is 0 Å². The van der Waals surface area contributed by atoms with Crippen LogP contribution in [-0.4, -0.2) is 7.11 Å². The Labute approximate surface area is 85.3 Å². The van der Waals surface area contributed by atoms with Crippen molar-refractivity contribution < 1.29 is 9.15 Å². The SMILES string of the molecule is CCCC[C@@H]1C[C@@]1(OC)c1ccco1. The van der Waals surface area contributed by atoms with Crippen LogP contribution in [0.1, 0.15) is 38.4 Å². The van der Waals surface area contributed by atoms with E-state index in [9.17, 15) is 0 Å². The topological polar surface area (TPSA) is 22.4 Å². The third-order valence-electron chi connectivity index (χ3n) is 3.26. The van der Waals surface area contributed by atoms with Gasteiger partial charge in [-0.1, -0.05) is 19.8 Å². The Balaban J connectivity index is 2.01.